The van der Waals surface area contributed by atoms with Gasteiger partial charge in [0.05, 0.1) is 0 Å². The molecule has 0 nitrogen and oxygen atoms in total. The highest BCUT2D eigenvalue weighted by Crippen LogP contribution is 2.16. The summed E-state index contributed by atoms with van der Waals surface area (Å²) >= 11 is 5.56. The fraction of sp³-hybridized carbons (Fsp3) is 0. The Bertz CT molecular complexity index is 522. The van der Waals surface area contributed by atoms with Crippen LogP contribution in [0, 0.1) is 0 Å². The Labute approximate surface area is 120 Å². The number of hydrogen-bond donors (Lipinski definition) is 0. The number of thiophene rings is 3. The second-order valence-electron chi connectivity index (χ2n) is 3.94. The quantitative estimate of drug-likeness (QED) is 0.650. The lowest BCUT2D eigenvalue weighted by Gasteiger charge is -2.24. The van der Waals surface area contributed by atoms with Crippen molar-refractivity contribution < 1.29 is 0 Å². The van der Waals surface area contributed by atoms with Gasteiger partial charge in [-0.2, -0.15) is 34.0 Å². The van der Waals surface area contributed by atoms with Crippen LogP contribution >= 0.6 is 34.0 Å². The Morgan fingerprint density at radius 2 is 1.17 bits per heavy atom. The summed E-state index contributed by atoms with van der Waals surface area (Å²) in [5.74, 6) is 0. The maximum Gasteiger partial charge on any atom is 0.205 e. The van der Waals surface area contributed by atoms with Crippen molar-refractivity contribution in [3.05, 3.63) is 64.8 Å². The monoisotopic (exact) mass is 304 g/mol. The maximum absolute atomic E-state index is 4.18. The molecule has 18 heavy (non-hydrogen) atoms. The van der Waals surface area contributed by atoms with Crippen LogP contribution in [0.5, 0.6) is 0 Å². The first-order valence-electron chi connectivity index (χ1n) is 5.63. The predicted octanol–water partition coefficient (Wildman–Crippen LogP) is 3.07. The molecular weight excluding hydrogens is 292 g/mol. The van der Waals surface area contributed by atoms with E-state index in [4.69, 9.17) is 0 Å². The number of rotatable bonds is 4. The lowest BCUT2D eigenvalue weighted by Crippen LogP contribution is -2.63. The van der Waals surface area contributed by atoms with E-state index in [1.807, 2.05) is 34.0 Å². The van der Waals surface area contributed by atoms with E-state index in [2.05, 4.69) is 64.8 Å². The standard InChI is InChI=1S/C14H12S3Si/c1-2-18(12-6-3-9-15-12,13-7-4-10-16-13)14-8-5-11-17-14/h2-11H,1H2. The highest BCUT2D eigenvalue weighted by molar-refractivity contribution is 7.46. The summed E-state index contributed by atoms with van der Waals surface area (Å²) in [7, 11) is -1.92. The molecule has 0 aromatic carbocycles. The largest absolute Gasteiger partial charge is 0.205 e. The zero-order valence-corrected chi connectivity index (χ0v) is 13.2. The van der Waals surface area contributed by atoms with Gasteiger partial charge in [-0.05, 0) is 16.1 Å². The van der Waals surface area contributed by atoms with Crippen LogP contribution in [-0.2, 0) is 0 Å². The van der Waals surface area contributed by atoms with Crippen LogP contribution in [0.15, 0.2) is 64.8 Å². The summed E-state index contributed by atoms with van der Waals surface area (Å²) in [5.41, 5.74) is 2.22. The maximum atomic E-state index is 4.18. The first-order chi connectivity index (χ1) is 8.88. The normalized spacial score (nSPS) is 11.6. The lowest BCUT2D eigenvalue weighted by atomic mass is 10.7. The van der Waals surface area contributed by atoms with Crippen LogP contribution in [-0.4, -0.2) is 8.07 Å². The predicted molar refractivity (Wildman–Crippen MR) is 87.8 cm³/mol. The molecule has 0 aliphatic rings. The van der Waals surface area contributed by atoms with E-state index in [0.717, 1.165) is 0 Å². The molecule has 0 unspecified atom stereocenters. The Morgan fingerprint density at radius 3 is 1.39 bits per heavy atom. The van der Waals surface area contributed by atoms with Gasteiger partial charge in [0.15, 0.2) is 0 Å². The van der Waals surface area contributed by atoms with Crippen LogP contribution in [0.25, 0.3) is 0 Å². The Kier molecular flexibility index (Phi) is 3.35. The molecule has 0 N–H and O–H groups in total. The van der Waals surface area contributed by atoms with Gasteiger partial charge in [-0.1, -0.05) is 42.1 Å². The minimum absolute atomic E-state index is 1.47. The molecule has 90 valence electrons. The molecule has 3 heterocycles. The van der Waals surface area contributed by atoms with Crippen molar-refractivity contribution in [2.45, 2.75) is 0 Å². The molecular formula is C14H12S3Si. The van der Waals surface area contributed by atoms with Gasteiger partial charge in [0.2, 0.25) is 8.07 Å². The first-order valence-corrected chi connectivity index (χ1v) is 10.3. The summed E-state index contributed by atoms with van der Waals surface area (Å²) < 4.78 is 4.42. The van der Waals surface area contributed by atoms with Gasteiger partial charge in [0.25, 0.3) is 0 Å². The molecule has 3 aromatic heterocycles. The zero-order chi connectivity index (χ0) is 12.4. The zero-order valence-electron chi connectivity index (χ0n) is 9.71. The van der Waals surface area contributed by atoms with Crippen molar-refractivity contribution in [2.75, 3.05) is 0 Å². The van der Waals surface area contributed by atoms with E-state index >= 15 is 0 Å². The van der Waals surface area contributed by atoms with Crippen molar-refractivity contribution in [3.63, 3.8) is 0 Å². The van der Waals surface area contributed by atoms with Gasteiger partial charge in [-0.3, -0.25) is 0 Å². The van der Waals surface area contributed by atoms with Gasteiger partial charge in [-0.15, -0.1) is 6.58 Å². The third kappa shape index (κ3) is 1.76. The van der Waals surface area contributed by atoms with E-state index in [-0.39, 0.29) is 0 Å². The third-order valence-corrected chi connectivity index (χ3v) is 12.5. The van der Waals surface area contributed by atoms with E-state index < -0.39 is 8.07 Å². The van der Waals surface area contributed by atoms with Crippen molar-refractivity contribution in [1.29, 1.82) is 0 Å². The second-order valence-corrected chi connectivity index (χ2v) is 11.5. The fourth-order valence-corrected chi connectivity index (χ4v) is 12.1. The molecule has 0 saturated heterocycles. The van der Waals surface area contributed by atoms with Crippen molar-refractivity contribution in [1.82, 2.24) is 0 Å². The van der Waals surface area contributed by atoms with Crippen LogP contribution < -0.4 is 13.5 Å². The third-order valence-electron chi connectivity index (χ3n) is 3.04. The Morgan fingerprint density at radius 1 is 0.778 bits per heavy atom. The van der Waals surface area contributed by atoms with Gasteiger partial charge < -0.3 is 0 Å². The average molecular weight is 305 g/mol. The minimum atomic E-state index is -1.92. The van der Waals surface area contributed by atoms with Crippen LogP contribution in [0.1, 0.15) is 0 Å². The summed E-state index contributed by atoms with van der Waals surface area (Å²) in [5, 5.41) is 6.51. The smallest absolute Gasteiger partial charge is 0.152 e. The Hall–Kier alpha value is -0.943. The average Bonchev–Trinajstić information content (AvgIpc) is 3.16. The first kappa shape index (κ1) is 12.1. The molecule has 4 heteroatoms. The lowest BCUT2D eigenvalue weighted by molar-refractivity contribution is 1.97. The summed E-state index contributed by atoms with van der Waals surface area (Å²) in [6.45, 7) is 4.18. The molecule has 0 bridgehead atoms. The van der Waals surface area contributed by atoms with Crippen molar-refractivity contribution >= 4 is 55.6 Å². The summed E-state index contributed by atoms with van der Waals surface area (Å²) in [4.78, 5) is 0. The SMILES string of the molecule is C=C[Si](c1cccs1)(c1cccs1)c1cccs1. The van der Waals surface area contributed by atoms with Gasteiger partial charge in [0, 0.05) is 13.5 Å². The molecule has 0 spiro atoms. The minimum Gasteiger partial charge on any atom is -0.152 e. The summed E-state index contributed by atoms with van der Waals surface area (Å²) in [6, 6.07) is 13.2. The van der Waals surface area contributed by atoms with Crippen molar-refractivity contribution in [3.8, 4) is 0 Å². The molecule has 0 amide bonds. The van der Waals surface area contributed by atoms with Crippen LogP contribution in [0.2, 0.25) is 0 Å². The molecule has 0 aliphatic carbocycles. The number of hydrogen-bond acceptors (Lipinski definition) is 3. The van der Waals surface area contributed by atoms with Gasteiger partial charge >= 0.3 is 0 Å². The summed E-state index contributed by atoms with van der Waals surface area (Å²) in [6.07, 6.45) is 0. The van der Waals surface area contributed by atoms with E-state index in [9.17, 15) is 0 Å². The molecule has 3 rings (SSSR count). The Balaban J connectivity index is 2.29. The van der Waals surface area contributed by atoms with Crippen LogP contribution in [0.3, 0.4) is 0 Å². The molecule has 0 saturated carbocycles. The van der Waals surface area contributed by atoms with E-state index in [1.165, 1.54) is 13.5 Å². The van der Waals surface area contributed by atoms with Crippen molar-refractivity contribution in [2.24, 2.45) is 0 Å². The van der Waals surface area contributed by atoms with Crippen LogP contribution in [0.4, 0.5) is 0 Å². The molecule has 0 atom stereocenters. The molecule has 0 fully saturated rings. The van der Waals surface area contributed by atoms with E-state index in [1.54, 1.807) is 0 Å². The highest BCUT2D eigenvalue weighted by atomic mass is 32.1. The molecule has 0 radical (unpaired) electrons. The van der Waals surface area contributed by atoms with Gasteiger partial charge in [0.1, 0.15) is 0 Å². The second kappa shape index (κ2) is 4.97. The molecule has 3 aromatic rings. The fourth-order valence-electron chi connectivity index (χ4n) is 2.17. The molecule has 0 aliphatic heterocycles. The van der Waals surface area contributed by atoms with Gasteiger partial charge in [-0.25, -0.2) is 0 Å². The van der Waals surface area contributed by atoms with E-state index in [0.29, 0.717) is 0 Å². The topological polar surface area (TPSA) is 0 Å². The highest BCUT2D eigenvalue weighted by Gasteiger charge is 2.39.